The zero-order chi connectivity index (χ0) is 32.8. The first-order valence-electron chi connectivity index (χ1n) is 15.9. The fourth-order valence-corrected chi connectivity index (χ4v) is 6.62. The van der Waals surface area contributed by atoms with E-state index >= 15 is 0 Å². The van der Waals surface area contributed by atoms with Gasteiger partial charge >= 0.3 is 0 Å². The highest BCUT2D eigenvalue weighted by Crippen LogP contribution is 2.27. The first-order chi connectivity index (χ1) is 22.8. The van der Waals surface area contributed by atoms with Gasteiger partial charge in [0.05, 0.1) is 116 Å². The number of fused-ring (bicyclic) bond motifs is 4. The first-order valence-corrected chi connectivity index (χ1v) is 17.0. The Labute approximate surface area is 288 Å². The van der Waals surface area contributed by atoms with E-state index in [1.807, 2.05) is 11.8 Å². The number of hydrogen-bond acceptors (Lipinski definition) is 16. The largest absolute Gasteiger partial charge is 0.378 e. The van der Waals surface area contributed by atoms with Crippen LogP contribution in [0.5, 0.6) is 0 Å². The van der Waals surface area contributed by atoms with E-state index < -0.39 is 0 Å². The number of hydrogen-bond donors (Lipinski definition) is 1. The average molecular weight is 720 g/mol. The molecule has 16 nitrogen and oxygen atoms in total. The molecule has 2 aromatic heterocycles. The number of rotatable bonds is 3. The van der Waals surface area contributed by atoms with Gasteiger partial charge in [-0.2, -0.15) is 29.9 Å². The molecule has 2 atom stereocenters. The lowest BCUT2D eigenvalue weighted by molar-refractivity contribution is -0.0556. The summed E-state index contributed by atoms with van der Waals surface area (Å²) in [5.41, 5.74) is 0. The van der Waals surface area contributed by atoms with Crippen LogP contribution in [0.25, 0.3) is 0 Å². The van der Waals surface area contributed by atoms with E-state index in [1.165, 1.54) is 0 Å². The summed E-state index contributed by atoms with van der Waals surface area (Å²) in [5, 5.41) is 3.85. The van der Waals surface area contributed by atoms with E-state index in [-0.39, 0.29) is 40.0 Å². The molecular weight excluding hydrogens is 679 g/mol. The minimum Gasteiger partial charge on any atom is -0.378 e. The van der Waals surface area contributed by atoms with Gasteiger partial charge in [-0.15, -0.1) is 0 Å². The van der Waals surface area contributed by atoms with Crippen LogP contribution in [0.4, 0.5) is 17.8 Å². The average Bonchev–Trinajstić information content (AvgIpc) is 3.05. The molecule has 0 amide bonds. The number of ether oxygens (including phenoxy) is 6. The smallest absolute Gasteiger partial charge is 0.232 e. The normalized spacial score (nSPS) is 30.4. The summed E-state index contributed by atoms with van der Waals surface area (Å²) in [4.78, 5) is 31.4. The van der Waals surface area contributed by atoms with Crippen LogP contribution in [0.2, 0.25) is 15.9 Å². The van der Waals surface area contributed by atoms with Gasteiger partial charge in [0.15, 0.2) is 0 Å². The Hall–Kier alpha value is -1.99. The lowest BCUT2D eigenvalue weighted by atomic mass is 10.1. The van der Waals surface area contributed by atoms with Crippen LogP contribution in [0, 0.1) is 0 Å². The summed E-state index contributed by atoms with van der Waals surface area (Å²) in [7, 11) is 0. The fraction of sp³-hybridized carbons (Fsp3) is 0.786. The number of morpholine rings is 6. The van der Waals surface area contributed by atoms with Gasteiger partial charge in [-0.25, -0.2) is 0 Å². The molecule has 0 radical (unpaired) electrons. The van der Waals surface area contributed by atoms with Crippen molar-refractivity contribution in [2.75, 3.05) is 107 Å². The number of nitrogens with one attached hydrogen (secondary N) is 1. The van der Waals surface area contributed by atoms with Gasteiger partial charge in [0, 0.05) is 13.1 Å². The van der Waals surface area contributed by atoms with Crippen molar-refractivity contribution >= 4 is 52.6 Å². The molecule has 6 aliphatic rings. The SMILES string of the molecule is C1OCC2COCC1N2.C[C@@H]1COCCN1c1nc(Cl)nc(Cl)n1.C[C@@H]1COCCN1c1nc(Cl)nc(N2C3COCC2COC3)n1. The van der Waals surface area contributed by atoms with E-state index in [9.17, 15) is 0 Å². The lowest BCUT2D eigenvalue weighted by Gasteiger charge is -2.45. The highest BCUT2D eigenvalue weighted by molar-refractivity contribution is 6.31. The van der Waals surface area contributed by atoms with Crippen molar-refractivity contribution in [2.45, 2.75) is 50.1 Å². The van der Waals surface area contributed by atoms with E-state index in [1.54, 1.807) is 0 Å². The van der Waals surface area contributed by atoms with Crippen molar-refractivity contribution in [1.29, 1.82) is 0 Å². The van der Waals surface area contributed by atoms with E-state index in [2.05, 4.69) is 47.0 Å². The fourth-order valence-electron chi connectivity index (χ4n) is 6.12. The van der Waals surface area contributed by atoms with Crippen LogP contribution in [-0.4, -0.2) is 159 Å². The molecule has 1 N–H and O–H groups in total. The summed E-state index contributed by atoms with van der Waals surface area (Å²) in [6.07, 6.45) is 0. The van der Waals surface area contributed by atoms with E-state index in [0.717, 1.165) is 39.5 Å². The van der Waals surface area contributed by atoms with Crippen LogP contribution in [-0.2, 0) is 28.4 Å². The number of anilines is 3. The minimum atomic E-state index is 0.115. The molecular formula is C28H41Cl3N10O6. The van der Waals surface area contributed by atoms with Crippen molar-refractivity contribution in [3.8, 4) is 0 Å². The molecule has 47 heavy (non-hydrogen) atoms. The molecule has 4 bridgehead atoms. The molecule has 0 spiro atoms. The Morgan fingerprint density at radius 3 is 1.36 bits per heavy atom. The van der Waals surface area contributed by atoms with Crippen molar-refractivity contribution < 1.29 is 28.4 Å². The molecule has 0 aliphatic carbocycles. The molecule has 8 heterocycles. The summed E-state index contributed by atoms with van der Waals surface area (Å²) in [6.45, 7) is 14.0. The van der Waals surface area contributed by atoms with E-state index in [0.29, 0.717) is 82.8 Å². The highest BCUT2D eigenvalue weighted by Gasteiger charge is 2.38. The molecule has 19 heteroatoms. The van der Waals surface area contributed by atoms with Crippen molar-refractivity contribution in [2.24, 2.45) is 0 Å². The molecule has 6 aliphatic heterocycles. The first kappa shape index (κ1) is 34.9. The second-order valence-corrected chi connectivity index (χ2v) is 13.1. The van der Waals surface area contributed by atoms with Gasteiger partial charge in [-0.3, -0.25) is 0 Å². The highest BCUT2D eigenvalue weighted by atomic mass is 35.5. The van der Waals surface area contributed by atoms with Gasteiger partial charge in [0.2, 0.25) is 33.7 Å². The van der Waals surface area contributed by atoms with Crippen molar-refractivity contribution in [1.82, 2.24) is 35.2 Å². The molecule has 0 saturated carbocycles. The number of aromatic nitrogens is 6. The van der Waals surface area contributed by atoms with Gasteiger partial charge in [-0.05, 0) is 48.7 Å². The topological polar surface area (TPSA) is 154 Å². The molecule has 2 aromatic rings. The maximum absolute atomic E-state index is 6.18. The molecule has 0 unspecified atom stereocenters. The zero-order valence-electron chi connectivity index (χ0n) is 26.5. The second kappa shape index (κ2) is 16.6. The van der Waals surface area contributed by atoms with Crippen LogP contribution < -0.4 is 20.0 Å². The third-order valence-corrected chi connectivity index (χ3v) is 8.92. The molecule has 6 fully saturated rings. The maximum Gasteiger partial charge on any atom is 0.232 e. The summed E-state index contributed by atoms with van der Waals surface area (Å²) < 4.78 is 32.6. The summed E-state index contributed by atoms with van der Waals surface area (Å²) >= 11 is 17.6. The third-order valence-electron chi connectivity index (χ3n) is 8.41. The quantitative estimate of drug-likeness (QED) is 0.482. The molecule has 6 saturated heterocycles. The van der Waals surface area contributed by atoms with Crippen molar-refractivity contribution in [3.63, 3.8) is 0 Å². The van der Waals surface area contributed by atoms with Crippen LogP contribution in [0.15, 0.2) is 0 Å². The van der Waals surface area contributed by atoms with Crippen LogP contribution in [0.3, 0.4) is 0 Å². The zero-order valence-corrected chi connectivity index (χ0v) is 28.7. The Bertz CT molecular complexity index is 1260. The second-order valence-electron chi connectivity index (χ2n) is 12.0. The van der Waals surface area contributed by atoms with Gasteiger partial charge in [0.1, 0.15) is 0 Å². The van der Waals surface area contributed by atoms with Gasteiger partial charge < -0.3 is 48.4 Å². The predicted octanol–water partition coefficient (Wildman–Crippen LogP) is 1.13. The molecule has 0 aromatic carbocycles. The Morgan fingerprint density at radius 2 is 0.915 bits per heavy atom. The lowest BCUT2D eigenvalue weighted by Crippen LogP contribution is -2.60. The van der Waals surface area contributed by atoms with Crippen LogP contribution >= 0.6 is 34.8 Å². The maximum atomic E-state index is 6.18. The van der Waals surface area contributed by atoms with Gasteiger partial charge in [0.25, 0.3) is 0 Å². The number of nitrogens with zero attached hydrogens (tertiary/aromatic N) is 9. The van der Waals surface area contributed by atoms with E-state index in [4.69, 9.17) is 68.2 Å². The minimum absolute atomic E-state index is 0.115. The predicted molar refractivity (Wildman–Crippen MR) is 174 cm³/mol. The molecule has 260 valence electrons. The number of halogens is 3. The Balaban J connectivity index is 0.000000137. The van der Waals surface area contributed by atoms with Gasteiger partial charge in [-0.1, -0.05) is 0 Å². The Kier molecular flexibility index (Phi) is 12.3. The summed E-state index contributed by atoms with van der Waals surface area (Å²) in [6, 6.07) is 1.58. The third kappa shape index (κ3) is 9.17. The summed E-state index contributed by atoms with van der Waals surface area (Å²) in [5.74, 6) is 1.73. The Morgan fingerprint density at radius 1 is 0.511 bits per heavy atom. The molecule has 8 rings (SSSR count). The standard InChI is InChI=1S/C14H20ClN5O3.C8H10Cl2N4O.C6H11NO2/c1-9-4-21-3-2-19(9)13-16-12(15)17-14(18-13)20-10-5-22-7-11(20)8-23-6-10;1-5-4-15-3-2-14(5)8-12-6(9)11-7(10)13-8;1-5-2-9-4-6(7-5)3-8-1/h9-11H,2-8H2,1H3;5H,2-4H2,1H3;5-7H,1-4H2/t9-,10?,11?;5-;/m11./s1. The monoisotopic (exact) mass is 718 g/mol. The van der Waals surface area contributed by atoms with Crippen LogP contribution in [0.1, 0.15) is 13.8 Å². The van der Waals surface area contributed by atoms with Crippen molar-refractivity contribution in [3.05, 3.63) is 15.9 Å².